The molecule has 1 N–H and O–H groups in total. The SMILES string of the molecule is COc1cc(N=C2CCCNC2)cc(OC)c1. The first-order valence-corrected chi connectivity index (χ1v) is 5.82. The second-order valence-electron chi connectivity index (χ2n) is 4.03. The molecule has 1 saturated heterocycles. The fraction of sp³-hybridized carbons (Fsp3) is 0.462. The van der Waals surface area contributed by atoms with E-state index >= 15 is 0 Å². The molecular formula is C13H18N2O2. The minimum absolute atomic E-state index is 0.771. The van der Waals surface area contributed by atoms with Crippen LogP contribution in [0.1, 0.15) is 12.8 Å². The Morgan fingerprint density at radius 1 is 1.12 bits per heavy atom. The average Bonchev–Trinajstić information content (AvgIpc) is 2.39. The maximum Gasteiger partial charge on any atom is 0.124 e. The molecule has 0 amide bonds. The van der Waals surface area contributed by atoms with Gasteiger partial charge in [0.1, 0.15) is 11.5 Å². The van der Waals surface area contributed by atoms with Crippen molar-refractivity contribution in [1.29, 1.82) is 0 Å². The fourth-order valence-corrected chi connectivity index (χ4v) is 1.87. The summed E-state index contributed by atoms with van der Waals surface area (Å²) in [5, 5.41) is 3.32. The van der Waals surface area contributed by atoms with Gasteiger partial charge in [-0.15, -0.1) is 0 Å². The van der Waals surface area contributed by atoms with Crippen molar-refractivity contribution in [3.05, 3.63) is 18.2 Å². The molecule has 1 aliphatic heterocycles. The second kappa shape index (κ2) is 5.68. The van der Waals surface area contributed by atoms with Crippen LogP contribution in [0.25, 0.3) is 0 Å². The van der Waals surface area contributed by atoms with Gasteiger partial charge in [0, 0.05) is 30.5 Å². The fourth-order valence-electron chi connectivity index (χ4n) is 1.87. The lowest BCUT2D eigenvalue weighted by atomic mass is 10.1. The lowest BCUT2D eigenvalue weighted by molar-refractivity contribution is 0.394. The van der Waals surface area contributed by atoms with Crippen LogP contribution in [-0.4, -0.2) is 33.0 Å². The Morgan fingerprint density at radius 3 is 2.35 bits per heavy atom. The van der Waals surface area contributed by atoms with Crippen molar-refractivity contribution in [1.82, 2.24) is 5.32 Å². The van der Waals surface area contributed by atoms with Crippen molar-refractivity contribution in [2.24, 2.45) is 4.99 Å². The zero-order chi connectivity index (χ0) is 12.1. The Morgan fingerprint density at radius 2 is 1.82 bits per heavy atom. The van der Waals surface area contributed by atoms with Crippen LogP contribution in [0.15, 0.2) is 23.2 Å². The standard InChI is InChI=1S/C13H18N2O2/c1-16-12-6-11(7-13(8-12)17-2)15-10-4-3-5-14-9-10/h6-8,14H,3-5,9H2,1-2H3. The Bertz CT molecular complexity index is 386. The predicted octanol–water partition coefficient (Wildman–Crippen LogP) is 2.16. The molecule has 1 aromatic carbocycles. The van der Waals surface area contributed by atoms with Crippen molar-refractivity contribution in [3.63, 3.8) is 0 Å². The number of nitrogens with one attached hydrogen (secondary N) is 1. The van der Waals surface area contributed by atoms with Crippen molar-refractivity contribution < 1.29 is 9.47 Å². The molecule has 1 aromatic rings. The molecule has 17 heavy (non-hydrogen) atoms. The van der Waals surface area contributed by atoms with Crippen LogP contribution in [0.3, 0.4) is 0 Å². The first-order chi connectivity index (χ1) is 8.31. The van der Waals surface area contributed by atoms with Gasteiger partial charge in [-0.25, -0.2) is 0 Å². The summed E-state index contributed by atoms with van der Waals surface area (Å²) in [6, 6.07) is 5.69. The third kappa shape index (κ3) is 3.20. The summed E-state index contributed by atoms with van der Waals surface area (Å²) >= 11 is 0. The number of hydrogen-bond acceptors (Lipinski definition) is 4. The summed E-state index contributed by atoms with van der Waals surface area (Å²) in [5.41, 5.74) is 2.08. The average molecular weight is 234 g/mol. The number of nitrogens with zero attached hydrogens (tertiary/aromatic N) is 1. The molecule has 92 valence electrons. The first kappa shape index (κ1) is 11.9. The minimum Gasteiger partial charge on any atom is -0.497 e. The van der Waals surface area contributed by atoms with Crippen LogP contribution < -0.4 is 14.8 Å². The van der Waals surface area contributed by atoms with E-state index in [1.54, 1.807) is 14.2 Å². The molecule has 0 spiro atoms. The zero-order valence-electron chi connectivity index (χ0n) is 10.3. The van der Waals surface area contributed by atoms with Crippen LogP contribution in [0.4, 0.5) is 5.69 Å². The highest BCUT2D eigenvalue weighted by Gasteiger charge is 2.07. The van der Waals surface area contributed by atoms with Gasteiger partial charge in [-0.1, -0.05) is 0 Å². The lowest BCUT2D eigenvalue weighted by Gasteiger charge is -2.14. The first-order valence-electron chi connectivity index (χ1n) is 5.82. The Kier molecular flexibility index (Phi) is 3.98. The van der Waals surface area contributed by atoms with Crippen molar-refractivity contribution in [3.8, 4) is 11.5 Å². The molecule has 4 heteroatoms. The van der Waals surface area contributed by atoms with Gasteiger partial charge in [-0.2, -0.15) is 0 Å². The topological polar surface area (TPSA) is 42.8 Å². The largest absolute Gasteiger partial charge is 0.497 e. The van der Waals surface area contributed by atoms with Gasteiger partial charge in [-0.05, 0) is 19.4 Å². The molecule has 0 aliphatic carbocycles. The van der Waals surface area contributed by atoms with Crippen molar-refractivity contribution >= 4 is 11.4 Å². The summed E-state index contributed by atoms with van der Waals surface area (Å²) in [5.74, 6) is 1.54. The van der Waals surface area contributed by atoms with Crippen LogP contribution in [0, 0.1) is 0 Å². The van der Waals surface area contributed by atoms with E-state index in [4.69, 9.17) is 9.47 Å². The highest BCUT2D eigenvalue weighted by Crippen LogP contribution is 2.28. The molecule has 0 unspecified atom stereocenters. The maximum atomic E-state index is 5.22. The summed E-state index contributed by atoms with van der Waals surface area (Å²) in [6.45, 7) is 1.96. The molecule has 4 nitrogen and oxygen atoms in total. The van der Waals surface area contributed by atoms with E-state index in [0.29, 0.717) is 0 Å². The maximum absolute atomic E-state index is 5.22. The molecule has 0 radical (unpaired) electrons. The van der Waals surface area contributed by atoms with Gasteiger partial charge in [0.15, 0.2) is 0 Å². The molecule has 0 bridgehead atoms. The van der Waals surface area contributed by atoms with Gasteiger partial charge in [0.05, 0.1) is 19.9 Å². The Balaban J connectivity index is 2.24. The summed E-state index contributed by atoms with van der Waals surface area (Å²) in [7, 11) is 3.29. The van der Waals surface area contributed by atoms with Crippen LogP contribution in [0.2, 0.25) is 0 Å². The summed E-state index contributed by atoms with van der Waals surface area (Å²) in [6.07, 6.45) is 2.21. The molecule has 1 heterocycles. The van der Waals surface area contributed by atoms with E-state index in [9.17, 15) is 0 Å². The molecule has 0 atom stereocenters. The highest BCUT2D eigenvalue weighted by molar-refractivity contribution is 5.89. The Hall–Kier alpha value is -1.55. The molecule has 0 saturated carbocycles. The van der Waals surface area contributed by atoms with Crippen LogP contribution >= 0.6 is 0 Å². The van der Waals surface area contributed by atoms with E-state index in [2.05, 4.69) is 10.3 Å². The number of piperidine rings is 1. The second-order valence-corrected chi connectivity index (χ2v) is 4.03. The third-order valence-corrected chi connectivity index (χ3v) is 2.77. The smallest absolute Gasteiger partial charge is 0.124 e. The molecule has 0 aromatic heterocycles. The van der Waals surface area contributed by atoms with E-state index in [0.717, 1.165) is 43.1 Å². The van der Waals surface area contributed by atoms with E-state index in [1.165, 1.54) is 5.71 Å². The van der Waals surface area contributed by atoms with Crippen LogP contribution in [0.5, 0.6) is 11.5 Å². The van der Waals surface area contributed by atoms with Gasteiger partial charge < -0.3 is 14.8 Å². The molecule has 1 aliphatic rings. The van der Waals surface area contributed by atoms with Gasteiger partial charge >= 0.3 is 0 Å². The van der Waals surface area contributed by atoms with E-state index < -0.39 is 0 Å². The Labute approximate surface area is 102 Å². The quantitative estimate of drug-likeness (QED) is 0.871. The monoisotopic (exact) mass is 234 g/mol. The lowest BCUT2D eigenvalue weighted by Crippen LogP contribution is -2.29. The minimum atomic E-state index is 0.771. The van der Waals surface area contributed by atoms with Gasteiger partial charge in [-0.3, -0.25) is 4.99 Å². The number of methoxy groups -OCH3 is 2. The summed E-state index contributed by atoms with van der Waals surface area (Å²) < 4.78 is 10.4. The number of aliphatic imine (C=N–C) groups is 1. The number of hydrogen-bond donors (Lipinski definition) is 1. The normalized spacial score (nSPS) is 18.1. The third-order valence-electron chi connectivity index (χ3n) is 2.77. The number of rotatable bonds is 3. The molecular weight excluding hydrogens is 216 g/mol. The highest BCUT2D eigenvalue weighted by atomic mass is 16.5. The zero-order valence-corrected chi connectivity index (χ0v) is 10.3. The van der Waals surface area contributed by atoms with Gasteiger partial charge in [0.25, 0.3) is 0 Å². The van der Waals surface area contributed by atoms with Crippen molar-refractivity contribution in [2.75, 3.05) is 27.3 Å². The van der Waals surface area contributed by atoms with Crippen LogP contribution in [-0.2, 0) is 0 Å². The predicted molar refractivity (Wildman–Crippen MR) is 68.7 cm³/mol. The van der Waals surface area contributed by atoms with Gasteiger partial charge in [0.2, 0.25) is 0 Å². The van der Waals surface area contributed by atoms with E-state index in [-0.39, 0.29) is 0 Å². The number of benzene rings is 1. The van der Waals surface area contributed by atoms with Crippen molar-refractivity contribution in [2.45, 2.75) is 12.8 Å². The molecule has 2 rings (SSSR count). The number of ether oxygens (including phenoxy) is 2. The van der Waals surface area contributed by atoms with E-state index in [1.807, 2.05) is 18.2 Å². The molecule has 1 fully saturated rings. The summed E-state index contributed by atoms with van der Waals surface area (Å²) in [4.78, 5) is 4.63.